The standard InChI is InChI=1S/C10H21NO/c1-10-6-2-3-7-11(10)8-4-5-9-12/h10,12H,2-9H2,1H3/t10-/m0/s1. The van der Waals surface area contributed by atoms with Crippen LogP contribution in [0.5, 0.6) is 0 Å². The molecule has 1 heterocycles. The molecule has 1 N–H and O–H groups in total. The van der Waals surface area contributed by atoms with E-state index in [1.165, 1.54) is 32.4 Å². The Morgan fingerprint density at radius 1 is 1.33 bits per heavy atom. The minimum Gasteiger partial charge on any atom is -0.396 e. The molecule has 0 aromatic rings. The maximum atomic E-state index is 8.64. The molecule has 72 valence electrons. The number of hydrogen-bond donors (Lipinski definition) is 1. The average molecular weight is 171 g/mol. The Hall–Kier alpha value is -0.0800. The van der Waals surface area contributed by atoms with Gasteiger partial charge in [-0.15, -0.1) is 0 Å². The molecule has 0 aromatic carbocycles. The summed E-state index contributed by atoms with van der Waals surface area (Å²) in [6, 6.07) is 0.775. The van der Waals surface area contributed by atoms with E-state index in [9.17, 15) is 0 Å². The van der Waals surface area contributed by atoms with Gasteiger partial charge in [-0.1, -0.05) is 6.42 Å². The molecule has 1 aliphatic heterocycles. The lowest BCUT2D eigenvalue weighted by Crippen LogP contribution is -2.38. The lowest BCUT2D eigenvalue weighted by atomic mass is 10.0. The molecule has 0 unspecified atom stereocenters. The summed E-state index contributed by atoms with van der Waals surface area (Å²) >= 11 is 0. The lowest BCUT2D eigenvalue weighted by Gasteiger charge is -2.33. The van der Waals surface area contributed by atoms with Gasteiger partial charge in [-0.25, -0.2) is 0 Å². The van der Waals surface area contributed by atoms with Crippen LogP contribution in [-0.2, 0) is 0 Å². The van der Waals surface area contributed by atoms with Crippen LogP contribution in [0, 0.1) is 0 Å². The summed E-state index contributed by atoms with van der Waals surface area (Å²) in [6.45, 7) is 5.12. The molecule has 1 fully saturated rings. The summed E-state index contributed by atoms with van der Waals surface area (Å²) in [6.07, 6.45) is 6.24. The summed E-state index contributed by atoms with van der Waals surface area (Å²) in [7, 11) is 0. The first-order valence-electron chi connectivity index (χ1n) is 5.19. The zero-order valence-corrected chi connectivity index (χ0v) is 8.13. The third kappa shape index (κ3) is 3.11. The van der Waals surface area contributed by atoms with Gasteiger partial charge >= 0.3 is 0 Å². The van der Waals surface area contributed by atoms with Gasteiger partial charge in [0.15, 0.2) is 0 Å². The summed E-state index contributed by atoms with van der Waals surface area (Å²) in [5.41, 5.74) is 0. The number of hydrogen-bond acceptors (Lipinski definition) is 2. The number of aliphatic hydroxyl groups excluding tert-OH is 1. The zero-order valence-electron chi connectivity index (χ0n) is 8.13. The fourth-order valence-electron chi connectivity index (χ4n) is 1.92. The van der Waals surface area contributed by atoms with Gasteiger partial charge in [0, 0.05) is 12.6 Å². The van der Waals surface area contributed by atoms with Crippen LogP contribution >= 0.6 is 0 Å². The number of piperidine rings is 1. The molecule has 0 aromatic heterocycles. The lowest BCUT2D eigenvalue weighted by molar-refractivity contribution is 0.153. The highest BCUT2D eigenvalue weighted by Crippen LogP contribution is 2.16. The van der Waals surface area contributed by atoms with E-state index in [-0.39, 0.29) is 0 Å². The molecule has 1 aliphatic rings. The van der Waals surface area contributed by atoms with Gasteiger partial charge in [0.25, 0.3) is 0 Å². The van der Waals surface area contributed by atoms with Gasteiger partial charge in [0.1, 0.15) is 0 Å². The first kappa shape index (κ1) is 10.0. The van der Waals surface area contributed by atoms with Crippen LogP contribution in [0.4, 0.5) is 0 Å². The first-order valence-corrected chi connectivity index (χ1v) is 5.19. The minimum atomic E-state index is 0.349. The summed E-state index contributed by atoms with van der Waals surface area (Å²) in [5, 5.41) is 8.64. The van der Waals surface area contributed by atoms with E-state index in [0.29, 0.717) is 6.61 Å². The molecule has 1 saturated heterocycles. The molecular weight excluding hydrogens is 150 g/mol. The van der Waals surface area contributed by atoms with Gasteiger partial charge < -0.3 is 10.0 Å². The molecule has 2 nitrogen and oxygen atoms in total. The number of rotatable bonds is 4. The molecule has 12 heavy (non-hydrogen) atoms. The Labute approximate surface area is 75.6 Å². The number of likely N-dealkylation sites (tertiary alicyclic amines) is 1. The maximum Gasteiger partial charge on any atom is 0.0431 e. The topological polar surface area (TPSA) is 23.5 Å². The second kappa shape index (κ2) is 5.55. The van der Waals surface area contributed by atoms with E-state index in [4.69, 9.17) is 5.11 Å². The van der Waals surface area contributed by atoms with Crippen molar-refractivity contribution in [3.63, 3.8) is 0 Å². The van der Waals surface area contributed by atoms with Gasteiger partial charge in [-0.3, -0.25) is 0 Å². The van der Waals surface area contributed by atoms with Gasteiger partial charge in [0.05, 0.1) is 0 Å². The normalized spacial score (nSPS) is 26.0. The van der Waals surface area contributed by atoms with E-state index in [2.05, 4.69) is 11.8 Å². The van der Waals surface area contributed by atoms with Crippen molar-refractivity contribution in [1.29, 1.82) is 0 Å². The Bertz CT molecular complexity index is 116. The van der Waals surface area contributed by atoms with E-state index in [1.54, 1.807) is 0 Å². The van der Waals surface area contributed by atoms with Crippen molar-refractivity contribution in [2.75, 3.05) is 19.7 Å². The quantitative estimate of drug-likeness (QED) is 0.650. The van der Waals surface area contributed by atoms with Gasteiger partial charge in [-0.2, -0.15) is 0 Å². The van der Waals surface area contributed by atoms with Gasteiger partial charge in [-0.05, 0) is 45.7 Å². The SMILES string of the molecule is C[C@H]1CCCCN1CCCCO. The molecular formula is C10H21NO. The van der Waals surface area contributed by atoms with Crippen LogP contribution in [0.1, 0.15) is 39.0 Å². The molecule has 0 radical (unpaired) electrons. The van der Waals surface area contributed by atoms with Crippen molar-refractivity contribution < 1.29 is 5.11 Å². The first-order chi connectivity index (χ1) is 5.84. The fraction of sp³-hybridized carbons (Fsp3) is 1.00. The van der Waals surface area contributed by atoms with Crippen LogP contribution in [0.3, 0.4) is 0 Å². The van der Waals surface area contributed by atoms with E-state index in [0.717, 1.165) is 18.9 Å². The maximum absolute atomic E-state index is 8.64. The summed E-state index contributed by atoms with van der Waals surface area (Å²) in [5.74, 6) is 0. The highest BCUT2D eigenvalue weighted by molar-refractivity contribution is 4.72. The third-order valence-corrected chi connectivity index (χ3v) is 2.79. The molecule has 0 aliphatic carbocycles. The molecule has 0 spiro atoms. The third-order valence-electron chi connectivity index (χ3n) is 2.79. The van der Waals surface area contributed by atoms with Crippen LogP contribution < -0.4 is 0 Å². The Kier molecular flexibility index (Phi) is 4.62. The number of unbranched alkanes of at least 4 members (excludes halogenated alkanes) is 1. The predicted octanol–water partition coefficient (Wildman–Crippen LogP) is 1.63. The summed E-state index contributed by atoms with van der Waals surface area (Å²) < 4.78 is 0. The minimum absolute atomic E-state index is 0.349. The monoisotopic (exact) mass is 171 g/mol. The second-order valence-corrected chi connectivity index (χ2v) is 3.81. The number of aliphatic hydroxyl groups is 1. The zero-order chi connectivity index (χ0) is 8.81. The molecule has 0 amide bonds. The number of nitrogens with zero attached hydrogens (tertiary/aromatic N) is 1. The van der Waals surface area contributed by atoms with Crippen LogP contribution in [0.25, 0.3) is 0 Å². The Morgan fingerprint density at radius 2 is 2.17 bits per heavy atom. The largest absolute Gasteiger partial charge is 0.396 e. The van der Waals surface area contributed by atoms with Crippen molar-refractivity contribution in [2.24, 2.45) is 0 Å². The molecule has 1 atom stereocenters. The van der Waals surface area contributed by atoms with Crippen molar-refractivity contribution >= 4 is 0 Å². The molecule has 2 heteroatoms. The fourth-order valence-corrected chi connectivity index (χ4v) is 1.92. The Balaban J connectivity index is 2.11. The molecule has 0 bridgehead atoms. The smallest absolute Gasteiger partial charge is 0.0431 e. The van der Waals surface area contributed by atoms with Crippen molar-refractivity contribution in [1.82, 2.24) is 4.90 Å². The molecule has 1 rings (SSSR count). The van der Waals surface area contributed by atoms with Crippen molar-refractivity contribution in [3.05, 3.63) is 0 Å². The van der Waals surface area contributed by atoms with Crippen LogP contribution in [0.2, 0.25) is 0 Å². The molecule has 0 saturated carbocycles. The van der Waals surface area contributed by atoms with Crippen molar-refractivity contribution in [3.8, 4) is 0 Å². The van der Waals surface area contributed by atoms with Crippen LogP contribution in [0.15, 0.2) is 0 Å². The second-order valence-electron chi connectivity index (χ2n) is 3.81. The average Bonchev–Trinajstić information content (AvgIpc) is 2.09. The van der Waals surface area contributed by atoms with E-state index >= 15 is 0 Å². The highest BCUT2D eigenvalue weighted by Gasteiger charge is 2.16. The van der Waals surface area contributed by atoms with Gasteiger partial charge in [0.2, 0.25) is 0 Å². The highest BCUT2D eigenvalue weighted by atomic mass is 16.2. The van der Waals surface area contributed by atoms with E-state index < -0.39 is 0 Å². The van der Waals surface area contributed by atoms with Crippen LogP contribution in [-0.4, -0.2) is 35.7 Å². The van der Waals surface area contributed by atoms with E-state index in [1.807, 2.05) is 0 Å². The predicted molar refractivity (Wildman–Crippen MR) is 51.2 cm³/mol. The Morgan fingerprint density at radius 3 is 2.83 bits per heavy atom. The van der Waals surface area contributed by atoms with Crippen molar-refractivity contribution in [2.45, 2.75) is 45.1 Å². The summed E-state index contributed by atoms with van der Waals surface area (Å²) in [4.78, 5) is 2.55.